The van der Waals surface area contributed by atoms with Gasteiger partial charge in [0.15, 0.2) is 0 Å². The molecule has 0 aliphatic carbocycles. The molecular formula is C13H11FN. The summed E-state index contributed by atoms with van der Waals surface area (Å²) in [6.45, 7) is 0.474. The van der Waals surface area contributed by atoms with E-state index in [2.05, 4.69) is 6.07 Å². The molecule has 0 saturated carbocycles. The van der Waals surface area contributed by atoms with E-state index in [0.29, 0.717) is 6.54 Å². The van der Waals surface area contributed by atoms with Crippen LogP contribution in [0, 0.1) is 11.9 Å². The van der Waals surface area contributed by atoms with E-state index in [1.165, 1.54) is 12.1 Å². The van der Waals surface area contributed by atoms with Gasteiger partial charge in [0.25, 0.3) is 0 Å². The summed E-state index contributed by atoms with van der Waals surface area (Å²) < 4.78 is 12.8. The molecule has 0 amide bonds. The van der Waals surface area contributed by atoms with Gasteiger partial charge in [0.05, 0.1) is 0 Å². The van der Waals surface area contributed by atoms with Crippen LogP contribution in [0.5, 0.6) is 0 Å². The Morgan fingerprint density at radius 3 is 2.53 bits per heavy atom. The largest absolute Gasteiger partial charge is 0.326 e. The van der Waals surface area contributed by atoms with Gasteiger partial charge in [-0.3, -0.25) is 0 Å². The summed E-state index contributed by atoms with van der Waals surface area (Å²) in [5.74, 6) is -0.229. The van der Waals surface area contributed by atoms with E-state index in [-0.39, 0.29) is 5.82 Å². The van der Waals surface area contributed by atoms with Crippen molar-refractivity contribution in [2.45, 2.75) is 6.54 Å². The van der Waals surface area contributed by atoms with Gasteiger partial charge in [-0.15, -0.1) is 0 Å². The average Bonchev–Trinajstić information content (AvgIpc) is 2.30. The second kappa shape index (κ2) is 4.24. The third kappa shape index (κ3) is 2.05. The molecule has 0 fully saturated rings. The van der Waals surface area contributed by atoms with E-state index in [1.54, 1.807) is 12.1 Å². The van der Waals surface area contributed by atoms with Gasteiger partial charge in [-0.2, -0.15) is 0 Å². The molecule has 0 saturated heterocycles. The molecule has 0 atom stereocenters. The highest BCUT2D eigenvalue weighted by molar-refractivity contribution is 5.66. The minimum Gasteiger partial charge on any atom is -0.326 e. The third-order valence-electron chi connectivity index (χ3n) is 2.33. The van der Waals surface area contributed by atoms with Crippen molar-refractivity contribution in [3.05, 3.63) is 59.9 Å². The SMILES string of the molecule is NCc1cc[c]cc1-c1ccc(F)cc1. The second-order valence-electron chi connectivity index (χ2n) is 3.29. The molecule has 2 aromatic rings. The first-order valence-electron chi connectivity index (χ1n) is 4.76. The highest BCUT2D eigenvalue weighted by Gasteiger charge is 2.02. The van der Waals surface area contributed by atoms with Crippen molar-refractivity contribution in [1.82, 2.24) is 0 Å². The van der Waals surface area contributed by atoms with Crippen LogP contribution in [-0.2, 0) is 6.54 Å². The van der Waals surface area contributed by atoms with Crippen molar-refractivity contribution >= 4 is 0 Å². The van der Waals surface area contributed by atoms with Gasteiger partial charge in [-0.05, 0) is 41.0 Å². The van der Waals surface area contributed by atoms with Crippen LogP contribution in [0.3, 0.4) is 0 Å². The molecular weight excluding hydrogens is 189 g/mol. The smallest absolute Gasteiger partial charge is 0.123 e. The zero-order chi connectivity index (χ0) is 10.7. The molecule has 0 aliphatic rings. The lowest BCUT2D eigenvalue weighted by molar-refractivity contribution is 0.628. The average molecular weight is 200 g/mol. The van der Waals surface area contributed by atoms with Crippen LogP contribution in [-0.4, -0.2) is 0 Å². The summed E-state index contributed by atoms with van der Waals surface area (Å²) >= 11 is 0. The fraction of sp³-hybridized carbons (Fsp3) is 0.0769. The Labute approximate surface area is 88.4 Å². The Bertz CT molecular complexity index is 448. The predicted octanol–water partition coefficient (Wildman–Crippen LogP) is 2.75. The highest BCUT2D eigenvalue weighted by atomic mass is 19.1. The summed E-state index contributed by atoms with van der Waals surface area (Å²) in [4.78, 5) is 0. The van der Waals surface area contributed by atoms with E-state index < -0.39 is 0 Å². The summed E-state index contributed by atoms with van der Waals surface area (Å²) in [5, 5.41) is 0. The molecule has 75 valence electrons. The van der Waals surface area contributed by atoms with Crippen molar-refractivity contribution in [3.8, 4) is 11.1 Å². The number of hydrogen-bond acceptors (Lipinski definition) is 1. The number of nitrogens with two attached hydrogens (primary N) is 1. The molecule has 2 N–H and O–H groups in total. The van der Waals surface area contributed by atoms with Crippen LogP contribution < -0.4 is 5.73 Å². The van der Waals surface area contributed by atoms with E-state index >= 15 is 0 Å². The zero-order valence-corrected chi connectivity index (χ0v) is 8.20. The first-order chi connectivity index (χ1) is 7.31. The molecule has 15 heavy (non-hydrogen) atoms. The lowest BCUT2D eigenvalue weighted by Gasteiger charge is -2.06. The molecule has 0 aliphatic heterocycles. The Kier molecular flexibility index (Phi) is 2.79. The Balaban J connectivity index is 2.49. The maximum Gasteiger partial charge on any atom is 0.123 e. The summed E-state index contributed by atoms with van der Waals surface area (Å²) in [7, 11) is 0. The first-order valence-corrected chi connectivity index (χ1v) is 4.76. The number of benzene rings is 2. The topological polar surface area (TPSA) is 26.0 Å². The lowest BCUT2D eigenvalue weighted by Crippen LogP contribution is -1.98. The van der Waals surface area contributed by atoms with Crippen LogP contribution in [0.15, 0.2) is 42.5 Å². The zero-order valence-electron chi connectivity index (χ0n) is 8.20. The maximum atomic E-state index is 12.8. The number of rotatable bonds is 2. The molecule has 1 nitrogen and oxygen atoms in total. The van der Waals surface area contributed by atoms with Crippen LogP contribution >= 0.6 is 0 Å². The van der Waals surface area contributed by atoms with Crippen molar-refractivity contribution in [2.75, 3.05) is 0 Å². The minimum absolute atomic E-state index is 0.229. The quantitative estimate of drug-likeness (QED) is 0.792. The van der Waals surface area contributed by atoms with E-state index in [4.69, 9.17) is 5.73 Å². The first kappa shape index (κ1) is 9.87. The summed E-state index contributed by atoms with van der Waals surface area (Å²) in [6.07, 6.45) is 0. The summed E-state index contributed by atoms with van der Waals surface area (Å²) in [5.41, 5.74) is 8.65. The van der Waals surface area contributed by atoms with Gasteiger partial charge in [0.2, 0.25) is 0 Å². The highest BCUT2D eigenvalue weighted by Crippen LogP contribution is 2.23. The van der Waals surface area contributed by atoms with Gasteiger partial charge < -0.3 is 5.73 Å². The second-order valence-corrected chi connectivity index (χ2v) is 3.29. The van der Waals surface area contributed by atoms with Crippen molar-refractivity contribution in [3.63, 3.8) is 0 Å². The molecule has 2 heteroatoms. The van der Waals surface area contributed by atoms with E-state index in [9.17, 15) is 4.39 Å². The Hall–Kier alpha value is -1.67. The third-order valence-corrected chi connectivity index (χ3v) is 2.33. The van der Waals surface area contributed by atoms with Crippen molar-refractivity contribution in [1.29, 1.82) is 0 Å². The number of halogens is 1. The van der Waals surface area contributed by atoms with Crippen LogP contribution in [0.4, 0.5) is 4.39 Å². The van der Waals surface area contributed by atoms with Gasteiger partial charge in [-0.25, -0.2) is 4.39 Å². The molecule has 2 rings (SSSR count). The standard InChI is InChI=1S/C13H11FN/c14-12-7-5-10(6-8-12)13-4-2-1-3-11(13)9-15/h1,3-8H,9,15H2. The number of hydrogen-bond donors (Lipinski definition) is 1. The maximum absolute atomic E-state index is 12.8. The molecule has 0 heterocycles. The molecule has 0 aromatic heterocycles. The molecule has 2 aromatic carbocycles. The Morgan fingerprint density at radius 2 is 1.87 bits per heavy atom. The van der Waals surface area contributed by atoms with Crippen molar-refractivity contribution < 1.29 is 4.39 Å². The molecule has 0 spiro atoms. The normalized spacial score (nSPS) is 10.3. The van der Waals surface area contributed by atoms with E-state index in [1.807, 2.05) is 18.2 Å². The predicted molar refractivity (Wildman–Crippen MR) is 58.6 cm³/mol. The lowest BCUT2D eigenvalue weighted by atomic mass is 10.00. The van der Waals surface area contributed by atoms with Crippen molar-refractivity contribution in [2.24, 2.45) is 5.73 Å². The van der Waals surface area contributed by atoms with Gasteiger partial charge in [-0.1, -0.05) is 24.3 Å². The van der Waals surface area contributed by atoms with Crippen LogP contribution in [0.1, 0.15) is 5.56 Å². The fourth-order valence-corrected chi connectivity index (χ4v) is 1.54. The summed E-state index contributed by atoms with van der Waals surface area (Å²) in [6, 6.07) is 15.0. The molecule has 0 unspecified atom stereocenters. The Morgan fingerprint density at radius 1 is 1.13 bits per heavy atom. The van der Waals surface area contributed by atoms with Crippen LogP contribution in [0.2, 0.25) is 0 Å². The van der Waals surface area contributed by atoms with Gasteiger partial charge in [0.1, 0.15) is 5.82 Å². The minimum atomic E-state index is -0.229. The van der Waals surface area contributed by atoms with Gasteiger partial charge in [0, 0.05) is 6.54 Å². The molecule has 0 bridgehead atoms. The van der Waals surface area contributed by atoms with E-state index in [0.717, 1.165) is 16.7 Å². The molecule has 1 radical (unpaired) electrons. The van der Waals surface area contributed by atoms with Gasteiger partial charge >= 0.3 is 0 Å². The fourth-order valence-electron chi connectivity index (χ4n) is 1.54. The van der Waals surface area contributed by atoms with Crippen LogP contribution in [0.25, 0.3) is 11.1 Å². The monoisotopic (exact) mass is 200 g/mol.